The summed E-state index contributed by atoms with van der Waals surface area (Å²) in [6.07, 6.45) is 0.347. The van der Waals surface area contributed by atoms with Crippen LogP contribution in [0.1, 0.15) is 49.8 Å². The molecule has 4 rings (SSSR count). The number of likely N-dealkylation sites (tertiary alicyclic amines) is 1. The number of ether oxygens (including phenoxy) is 5. The van der Waals surface area contributed by atoms with Crippen molar-refractivity contribution < 1.29 is 33.3 Å². The third-order valence-corrected chi connectivity index (χ3v) is 7.03. The minimum absolute atomic E-state index is 0.111. The molecule has 1 aliphatic heterocycles. The first-order valence-corrected chi connectivity index (χ1v) is 13.7. The maximum absolute atomic E-state index is 13.7. The van der Waals surface area contributed by atoms with Gasteiger partial charge in [0.1, 0.15) is 12.2 Å². The lowest BCUT2D eigenvalue weighted by Gasteiger charge is -2.37. The average molecular weight is 562 g/mol. The summed E-state index contributed by atoms with van der Waals surface area (Å²) >= 11 is 0. The highest BCUT2D eigenvalue weighted by Crippen LogP contribution is 2.38. The van der Waals surface area contributed by atoms with Gasteiger partial charge in [0.25, 0.3) is 0 Å². The number of imide groups is 1. The molecular weight excluding hydrogens is 522 g/mol. The Morgan fingerprint density at radius 2 is 1.49 bits per heavy atom. The van der Waals surface area contributed by atoms with Crippen molar-refractivity contribution in [3.63, 3.8) is 0 Å². The molecule has 3 aromatic carbocycles. The van der Waals surface area contributed by atoms with Crippen molar-refractivity contribution in [2.75, 3.05) is 27.9 Å². The standard InChI is InChI=1S/C33H39NO7/c1-33(2,3)41-32(36)34-20-26(24-13-15-27(37-4)30(19-24)39-6)18-25(31(34)35)16-23-12-14-28(29(17-23)38-5)40-21-22-10-8-7-9-11-22/h7-15,17,19,25-26H,16,18,20-21H2,1-6H3/t25?,26-/m1/s1. The molecule has 8 nitrogen and oxygen atoms in total. The molecule has 0 spiro atoms. The highest BCUT2D eigenvalue weighted by Gasteiger charge is 2.40. The number of hydrogen-bond donors (Lipinski definition) is 0. The lowest BCUT2D eigenvalue weighted by atomic mass is 9.81. The molecule has 0 N–H and O–H groups in total. The minimum atomic E-state index is -0.730. The molecule has 218 valence electrons. The van der Waals surface area contributed by atoms with E-state index in [0.29, 0.717) is 42.4 Å². The summed E-state index contributed by atoms with van der Waals surface area (Å²) in [7, 11) is 4.77. The van der Waals surface area contributed by atoms with E-state index < -0.39 is 17.6 Å². The number of amides is 2. The van der Waals surface area contributed by atoms with Gasteiger partial charge in [-0.25, -0.2) is 9.69 Å². The highest BCUT2D eigenvalue weighted by atomic mass is 16.6. The summed E-state index contributed by atoms with van der Waals surface area (Å²) in [5.74, 6) is 1.61. The maximum atomic E-state index is 13.7. The zero-order valence-electron chi connectivity index (χ0n) is 24.6. The summed E-state index contributed by atoms with van der Waals surface area (Å²) in [5, 5.41) is 0. The van der Waals surface area contributed by atoms with Crippen molar-refractivity contribution in [2.24, 2.45) is 5.92 Å². The molecule has 1 heterocycles. The third-order valence-electron chi connectivity index (χ3n) is 7.03. The van der Waals surface area contributed by atoms with Crippen LogP contribution in [0.3, 0.4) is 0 Å². The van der Waals surface area contributed by atoms with Crippen molar-refractivity contribution >= 4 is 12.0 Å². The number of piperidine rings is 1. The smallest absolute Gasteiger partial charge is 0.417 e. The molecule has 0 bridgehead atoms. The zero-order valence-corrected chi connectivity index (χ0v) is 24.6. The van der Waals surface area contributed by atoms with Gasteiger partial charge in [-0.2, -0.15) is 0 Å². The van der Waals surface area contributed by atoms with E-state index in [1.165, 1.54) is 4.90 Å². The van der Waals surface area contributed by atoms with Gasteiger partial charge in [-0.1, -0.05) is 42.5 Å². The van der Waals surface area contributed by atoms with E-state index in [4.69, 9.17) is 23.7 Å². The predicted molar refractivity (Wildman–Crippen MR) is 156 cm³/mol. The number of methoxy groups -OCH3 is 3. The van der Waals surface area contributed by atoms with Crippen LogP contribution >= 0.6 is 0 Å². The molecule has 2 amide bonds. The summed E-state index contributed by atoms with van der Waals surface area (Å²) < 4.78 is 28.2. The molecule has 1 saturated heterocycles. The van der Waals surface area contributed by atoms with Crippen molar-refractivity contribution in [3.8, 4) is 23.0 Å². The molecular formula is C33H39NO7. The Morgan fingerprint density at radius 1 is 0.829 bits per heavy atom. The second-order valence-corrected chi connectivity index (χ2v) is 11.1. The van der Waals surface area contributed by atoms with Crippen LogP contribution < -0.4 is 18.9 Å². The van der Waals surface area contributed by atoms with E-state index in [1.54, 1.807) is 42.1 Å². The van der Waals surface area contributed by atoms with Crippen LogP contribution in [0.2, 0.25) is 0 Å². The monoisotopic (exact) mass is 561 g/mol. The summed E-state index contributed by atoms with van der Waals surface area (Å²) in [5.41, 5.74) is 2.18. The van der Waals surface area contributed by atoms with Gasteiger partial charge in [-0.3, -0.25) is 4.79 Å². The summed E-state index contributed by atoms with van der Waals surface area (Å²) in [6.45, 7) is 5.99. The molecule has 0 aromatic heterocycles. The van der Waals surface area contributed by atoms with Crippen molar-refractivity contribution in [3.05, 3.63) is 83.4 Å². The van der Waals surface area contributed by atoms with Crippen LogP contribution in [-0.4, -0.2) is 50.4 Å². The van der Waals surface area contributed by atoms with Gasteiger partial charge in [0.05, 0.1) is 21.3 Å². The second kappa shape index (κ2) is 13.0. The first kappa shape index (κ1) is 29.8. The third kappa shape index (κ3) is 7.51. The molecule has 1 fully saturated rings. The Labute approximate surface area is 242 Å². The average Bonchev–Trinajstić information content (AvgIpc) is 2.96. The van der Waals surface area contributed by atoms with Gasteiger partial charge in [0.15, 0.2) is 23.0 Å². The Hall–Kier alpha value is -4.20. The van der Waals surface area contributed by atoms with Gasteiger partial charge >= 0.3 is 6.09 Å². The van der Waals surface area contributed by atoms with Crippen LogP contribution in [0.15, 0.2) is 66.7 Å². The number of hydrogen-bond acceptors (Lipinski definition) is 7. The van der Waals surface area contributed by atoms with Crippen LogP contribution in [-0.2, 0) is 22.6 Å². The van der Waals surface area contributed by atoms with Gasteiger partial charge in [-0.15, -0.1) is 0 Å². The summed E-state index contributed by atoms with van der Waals surface area (Å²) in [6, 6.07) is 21.3. The Balaban J connectivity index is 1.58. The molecule has 41 heavy (non-hydrogen) atoms. The Bertz CT molecular complexity index is 1350. The SMILES string of the molecule is COc1ccc([C@@H]2CC(Cc3ccc(OCc4ccccc4)c(OC)c3)C(=O)N(C(=O)OC(C)(C)C)C2)cc1OC. The number of benzene rings is 3. The summed E-state index contributed by atoms with van der Waals surface area (Å²) in [4.78, 5) is 28.1. The van der Waals surface area contributed by atoms with E-state index in [-0.39, 0.29) is 18.4 Å². The van der Waals surface area contributed by atoms with Crippen molar-refractivity contribution in [1.29, 1.82) is 0 Å². The fraction of sp³-hybridized carbons (Fsp3) is 0.394. The fourth-order valence-corrected chi connectivity index (χ4v) is 5.03. The molecule has 0 saturated carbocycles. The van der Waals surface area contributed by atoms with E-state index in [9.17, 15) is 9.59 Å². The van der Waals surface area contributed by atoms with Crippen molar-refractivity contribution in [2.45, 2.75) is 51.7 Å². The Morgan fingerprint density at radius 3 is 2.15 bits per heavy atom. The van der Waals surface area contributed by atoms with Crippen LogP contribution in [0.4, 0.5) is 4.79 Å². The minimum Gasteiger partial charge on any atom is -0.493 e. The maximum Gasteiger partial charge on any atom is 0.417 e. The van der Waals surface area contributed by atoms with E-state index in [2.05, 4.69) is 0 Å². The zero-order chi connectivity index (χ0) is 29.6. The Kier molecular flexibility index (Phi) is 9.42. The first-order valence-electron chi connectivity index (χ1n) is 13.7. The van der Waals surface area contributed by atoms with E-state index >= 15 is 0 Å². The van der Waals surface area contributed by atoms with Gasteiger partial charge < -0.3 is 23.7 Å². The normalized spacial score (nSPS) is 17.1. The van der Waals surface area contributed by atoms with Gasteiger partial charge in [0.2, 0.25) is 5.91 Å². The number of carbonyl (C=O) groups excluding carboxylic acids is 2. The highest BCUT2D eigenvalue weighted by molar-refractivity contribution is 5.94. The van der Waals surface area contributed by atoms with Crippen LogP contribution in [0.25, 0.3) is 0 Å². The second-order valence-electron chi connectivity index (χ2n) is 11.1. The molecule has 0 radical (unpaired) electrons. The lowest BCUT2D eigenvalue weighted by Crippen LogP contribution is -2.50. The number of carbonyl (C=O) groups is 2. The van der Waals surface area contributed by atoms with E-state index in [1.807, 2.05) is 66.7 Å². The molecule has 3 aromatic rings. The molecule has 0 aliphatic carbocycles. The van der Waals surface area contributed by atoms with Crippen molar-refractivity contribution in [1.82, 2.24) is 4.90 Å². The van der Waals surface area contributed by atoms with E-state index in [0.717, 1.165) is 16.7 Å². The quantitative estimate of drug-likeness (QED) is 0.299. The lowest BCUT2D eigenvalue weighted by molar-refractivity contribution is -0.138. The molecule has 2 atom stereocenters. The fourth-order valence-electron chi connectivity index (χ4n) is 5.03. The van der Waals surface area contributed by atoms with Crippen LogP contribution in [0.5, 0.6) is 23.0 Å². The first-order chi connectivity index (χ1) is 19.6. The topological polar surface area (TPSA) is 83.5 Å². The van der Waals surface area contributed by atoms with Gasteiger partial charge in [0, 0.05) is 18.4 Å². The number of rotatable bonds is 9. The van der Waals surface area contributed by atoms with Crippen LogP contribution in [0, 0.1) is 5.92 Å². The largest absolute Gasteiger partial charge is 0.493 e. The predicted octanol–water partition coefficient (Wildman–Crippen LogP) is 6.40. The van der Waals surface area contributed by atoms with Gasteiger partial charge in [-0.05, 0) is 74.6 Å². The number of nitrogens with zero attached hydrogens (tertiary/aromatic N) is 1. The molecule has 1 unspecified atom stereocenters. The molecule has 1 aliphatic rings. The molecule has 8 heteroatoms.